The summed E-state index contributed by atoms with van der Waals surface area (Å²) in [7, 11) is 0. The fourth-order valence-corrected chi connectivity index (χ4v) is 2.54. The number of nitrogens with one attached hydrogen (secondary N) is 2. The molecule has 0 bridgehead atoms. The minimum atomic E-state index is -0.637. The number of carbonyl (C=O) groups excluding carboxylic acids is 3. The van der Waals surface area contributed by atoms with Crippen LogP contribution in [0, 0.1) is 0 Å². The molecule has 1 fully saturated rings. The molecule has 25 heavy (non-hydrogen) atoms. The molecule has 2 N–H and O–H groups in total. The zero-order chi connectivity index (χ0) is 17.6. The Balaban J connectivity index is 1.43. The lowest BCUT2D eigenvalue weighted by atomic mass is 9.94. The van der Waals surface area contributed by atoms with E-state index in [-0.39, 0.29) is 36.8 Å². The van der Waals surface area contributed by atoms with Crippen molar-refractivity contribution in [2.45, 2.75) is 24.9 Å². The molecule has 1 aliphatic rings. The topological polar surface area (TPSA) is 102 Å². The van der Waals surface area contributed by atoms with Crippen molar-refractivity contribution >= 4 is 17.7 Å². The molecule has 0 aliphatic carbocycles. The van der Waals surface area contributed by atoms with Gasteiger partial charge >= 0.3 is 0 Å². The molecular formula is C17H18N4O4. The Morgan fingerprint density at radius 1 is 1.28 bits per heavy atom. The SMILES string of the molecule is O=C(COc1ccccc1)NC1C(=O)NC1CCC(=O)n1ccnc1. The number of benzene rings is 1. The van der Waals surface area contributed by atoms with E-state index in [1.54, 1.807) is 30.5 Å². The maximum atomic E-state index is 11.9. The second-order valence-corrected chi connectivity index (χ2v) is 5.66. The number of para-hydroxylation sites is 1. The van der Waals surface area contributed by atoms with E-state index in [4.69, 9.17) is 4.74 Å². The summed E-state index contributed by atoms with van der Waals surface area (Å²) in [6, 6.07) is 8.05. The summed E-state index contributed by atoms with van der Waals surface area (Å²) >= 11 is 0. The number of ether oxygens (including phenoxy) is 1. The Morgan fingerprint density at radius 2 is 2.08 bits per heavy atom. The number of rotatable bonds is 7. The Hall–Kier alpha value is -3.16. The fourth-order valence-electron chi connectivity index (χ4n) is 2.54. The van der Waals surface area contributed by atoms with Gasteiger partial charge in [-0.05, 0) is 18.6 Å². The van der Waals surface area contributed by atoms with Crippen LogP contribution in [0.1, 0.15) is 17.6 Å². The van der Waals surface area contributed by atoms with Crippen molar-refractivity contribution in [1.82, 2.24) is 20.2 Å². The summed E-state index contributed by atoms with van der Waals surface area (Å²) in [6.45, 7) is -0.172. The van der Waals surface area contributed by atoms with Crippen molar-refractivity contribution < 1.29 is 19.1 Å². The van der Waals surface area contributed by atoms with Gasteiger partial charge in [-0.1, -0.05) is 18.2 Å². The highest BCUT2D eigenvalue weighted by molar-refractivity contribution is 5.93. The standard InChI is InChI=1S/C17H18N4O4/c22-14(10-25-12-4-2-1-3-5-12)20-16-13(19-17(16)24)6-7-15(23)21-9-8-18-11-21/h1-5,8-9,11,13,16H,6-7,10H2,(H,19,24)(H,20,22). The zero-order valence-corrected chi connectivity index (χ0v) is 13.4. The summed E-state index contributed by atoms with van der Waals surface area (Å²) in [5.41, 5.74) is 0. The minimum absolute atomic E-state index is 0.115. The lowest BCUT2D eigenvalue weighted by Crippen LogP contribution is -2.69. The van der Waals surface area contributed by atoms with Crippen LogP contribution >= 0.6 is 0 Å². The first-order chi connectivity index (χ1) is 12.1. The van der Waals surface area contributed by atoms with Gasteiger partial charge in [0.05, 0.1) is 6.04 Å². The Morgan fingerprint density at radius 3 is 2.76 bits per heavy atom. The lowest BCUT2D eigenvalue weighted by molar-refractivity contribution is -0.137. The molecule has 2 unspecified atom stereocenters. The molecule has 2 heterocycles. The van der Waals surface area contributed by atoms with Gasteiger partial charge in [-0.3, -0.25) is 19.0 Å². The molecule has 3 rings (SSSR count). The second-order valence-electron chi connectivity index (χ2n) is 5.66. The first-order valence-corrected chi connectivity index (χ1v) is 7.92. The lowest BCUT2D eigenvalue weighted by Gasteiger charge is -2.37. The van der Waals surface area contributed by atoms with Gasteiger partial charge in [-0.2, -0.15) is 0 Å². The second kappa shape index (κ2) is 7.61. The molecule has 8 heteroatoms. The average molecular weight is 342 g/mol. The van der Waals surface area contributed by atoms with E-state index in [1.807, 2.05) is 6.07 Å². The van der Waals surface area contributed by atoms with Crippen molar-refractivity contribution in [2.75, 3.05) is 6.61 Å². The van der Waals surface area contributed by atoms with Crippen LogP contribution in [0.3, 0.4) is 0 Å². The third-order valence-corrected chi connectivity index (χ3v) is 3.90. The molecule has 0 radical (unpaired) electrons. The van der Waals surface area contributed by atoms with Crippen molar-refractivity contribution in [3.63, 3.8) is 0 Å². The maximum Gasteiger partial charge on any atom is 0.258 e. The fraction of sp³-hybridized carbons (Fsp3) is 0.294. The number of β-lactam (4-membered cyclic amide) rings is 1. The first-order valence-electron chi connectivity index (χ1n) is 7.92. The molecule has 1 saturated heterocycles. The van der Waals surface area contributed by atoms with E-state index in [9.17, 15) is 14.4 Å². The Kier molecular flexibility index (Phi) is 5.08. The van der Waals surface area contributed by atoms with Crippen LogP contribution in [0.25, 0.3) is 0 Å². The largest absolute Gasteiger partial charge is 0.484 e. The van der Waals surface area contributed by atoms with Crippen LogP contribution < -0.4 is 15.4 Å². The third kappa shape index (κ3) is 4.23. The highest BCUT2D eigenvalue weighted by Gasteiger charge is 2.40. The van der Waals surface area contributed by atoms with E-state index in [2.05, 4.69) is 15.6 Å². The zero-order valence-electron chi connectivity index (χ0n) is 13.4. The van der Waals surface area contributed by atoms with E-state index < -0.39 is 6.04 Å². The van der Waals surface area contributed by atoms with Gasteiger partial charge < -0.3 is 15.4 Å². The number of aromatic nitrogens is 2. The summed E-state index contributed by atoms with van der Waals surface area (Å²) in [4.78, 5) is 39.3. The van der Waals surface area contributed by atoms with Gasteiger partial charge in [0.15, 0.2) is 6.61 Å². The van der Waals surface area contributed by atoms with Crippen molar-refractivity contribution in [3.8, 4) is 5.75 Å². The number of nitrogens with zero attached hydrogens (tertiary/aromatic N) is 2. The number of imidazole rings is 1. The molecule has 2 aromatic rings. The molecule has 1 aliphatic heterocycles. The molecule has 1 aromatic heterocycles. The number of carbonyl (C=O) groups is 3. The molecule has 0 spiro atoms. The molecule has 2 amide bonds. The van der Waals surface area contributed by atoms with Crippen molar-refractivity contribution in [2.24, 2.45) is 0 Å². The summed E-state index contributed by atoms with van der Waals surface area (Å²) in [5, 5.41) is 5.34. The van der Waals surface area contributed by atoms with Gasteiger partial charge in [0.25, 0.3) is 5.91 Å². The summed E-state index contributed by atoms with van der Waals surface area (Å²) in [6.07, 6.45) is 5.21. The van der Waals surface area contributed by atoms with Crippen LogP contribution in [0.4, 0.5) is 0 Å². The first kappa shape index (κ1) is 16.7. The van der Waals surface area contributed by atoms with E-state index in [0.29, 0.717) is 12.2 Å². The summed E-state index contributed by atoms with van der Waals surface area (Å²) in [5.74, 6) is -0.169. The van der Waals surface area contributed by atoms with E-state index >= 15 is 0 Å². The van der Waals surface area contributed by atoms with Crippen LogP contribution in [-0.4, -0.2) is 46.0 Å². The van der Waals surface area contributed by atoms with E-state index in [1.165, 1.54) is 17.1 Å². The minimum Gasteiger partial charge on any atom is -0.484 e. The number of amides is 2. The highest BCUT2D eigenvalue weighted by Crippen LogP contribution is 2.14. The van der Waals surface area contributed by atoms with Crippen LogP contribution in [0.5, 0.6) is 5.75 Å². The van der Waals surface area contributed by atoms with Crippen LogP contribution in [0.15, 0.2) is 49.1 Å². The Bertz CT molecular complexity index is 745. The predicted octanol–water partition coefficient (Wildman–Crippen LogP) is 0.366. The van der Waals surface area contributed by atoms with Gasteiger partial charge in [-0.25, -0.2) is 4.98 Å². The van der Waals surface area contributed by atoms with Gasteiger partial charge in [0.2, 0.25) is 11.8 Å². The number of hydrogen-bond acceptors (Lipinski definition) is 5. The highest BCUT2D eigenvalue weighted by atomic mass is 16.5. The molecule has 1 aromatic carbocycles. The average Bonchev–Trinajstić information content (AvgIpc) is 3.17. The van der Waals surface area contributed by atoms with Gasteiger partial charge in [0.1, 0.15) is 18.1 Å². The smallest absolute Gasteiger partial charge is 0.258 e. The van der Waals surface area contributed by atoms with Gasteiger partial charge in [-0.15, -0.1) is 0 Å². The third-order valence-electron chi connectivity index (χ3n) is 3.90. The Labute approximate surface area is 144 Å². The van der Waals surface area contributed by atoms with E-state index in [0.717, 1.165) is 0 Å². The van der Waals surface area contributed by atoms with Crippen LogP contribution in [-0.2, 0) is 9.59 Å². The van der Waals surface area contributed by atoms with Crippen LogP contribution in [0.2, 0.25) is 0 Å². The number of hydrogen-bond donors (Lipinski definition) is 2. The van der Waals surface area contributed by atoms with Gasteiger partial charge in [0, 0.05) is 18.8 Å². The predicted molar refractivity (Wildman–Crippen MR) is 87.9 cm³/mol. The van der Waals surface area contributed by atoms with Crippen molar-refractivity contribution in [1.29, 1.82) is 0 Å². The monoisotopic (exact) mass is 342 g/mol. The molecule has 130 valence electrons. The summed E-state index contributed by atoms with van der Waals surface area (Å²) < 4.78 is 6.74. The maximum absolute atomic E-state index is 11.9. The quantitative estimate of drug-likeness (QED) is 0.708. The normalized spacial score (nSPS) is 18.8. The molecule has 8 nitrogen and oxygen atoms in total. The molecule has 2 atom stereocenters. The van der Waals surface area contributed by atoms with Crippen molar-refractivity contribution in [3.05, 3.63) is 49.1 Å². The molecular weight excluding hydrogens is 324 g/mol. The molecule has 0 saturated carbocycles.